The maximum absolute atomic E-state index is 5.30. The fourth-order valence-corrected chi connectivity index (χ4v) is 2.25. The van der Waals surface area contributed by atoms with E-state index in [0.717, 1.165) is 37.6 Å². The minimum atomic E-state index is 0.205. The highest BCUT2D eigenvalue weighted by Crippen LogP contribution is 2.20. The zero-order valence-corrected chi connectivity index (χ0v) is 11.1. The topological polar surface area (TPSA) is 51.0 Å². The van der Waals surface area contributed by atoms with Crippen molar-refractivity contribution in [3.63, 3.8) is 0 Å². The summed E-state index contributed by atoms with van der Waals surface area (Å²) in [7, 11) is 0. The molecule has 2 rings (SSSR count). The summed E-state index contributed by atoms with van der Waals surface area (Å²) in [5.74, 6) is 2.32. The van der Waals surface area contributed by atoms with Gasteiger partial charge in [-0.2, -0.15) is 4.98 Å². The molecule has 1 N–H and O–H groups in total. The molecule has 0 aliphatic carbocycles. The van der Waals surface area contributed by atoms with Crippen LogP contribution in [0.2, 0.25) is 0 Å². The SMILES string of the molecule is CC(C)(C)Cc1nc(CC2CCCNC2)no1. The normalized spacial score (nSPS) is 21.7. The highest BCUT2D eigenvalue weighted by atomic mass is 16.5. The zero-order chi connectivity index (χ0) is 12.3. The molecule has 1 aromatic rings. The molecule has 4 nitrogen and oxygen atoms in total. The van der Waals surface area contributed by atoms with E-state index >= 15 is 0 Å². The van der Waals surface area contributed by atoms with E-state index < -0.39 is 0 Å². The van der Waals surface area contributed by atoms with Gasteiger partial charge in [0.25, 0.3) is 0 Å². The predicted molar refractivity (Wildman–Crippen MR) is 66.8 cm³/mol. The van der Waals surface area contributed by atoms with E-state index in [0.29, 0.717) is 5.92 Å². The van der Waals surface area contributed by atoms with E-state index in [-0.39, 0.29) is 5.41 Å². The van der Waals surface area contributed by atoms with Crippen molar-refractivity contribution in [3.8, 4) is 0 Å². The Labute approximate surface area is 103 Å². The molecule has 1 unspecified atom stereocenters. The molecule has 0 saturated carbocycles. The zero-order valence-electron chi connectivity index (χ0n) is 11.1. The first-order valence-corrected chi connectivity index (χ1v) is 6.55. The first-order valence-electron chi connectivity index (χ1n) is 6.55. The van der Waals surface area contributed by atoms with Gasteiger partial charge in [0.05, 0.1) is 0 Å². The van der Waals surface area contributed by atoms with Crippen LogP contribution in [0.5, 0.6) is 0 Å². The first-order chi connectivity index (χ1) is 8.03. The second-order valence-corrected chi connectivity index (χ2v) is 6.26. The van der Waals surface area contributed by atoms with Crippen LogP contribution in [0, 0.1) is 11.3 Å². The maximum Gasteiger partial charge on any atom is 0.227 e. The van der Waals surface area contributed by atoms with Crippen molar-refractivity contribution in [1.82, 2.24) is 15.5 Å². The summed E-state index contributed by atoms with van der Waals surface area (Å²) in [5, 5.41) is 7.49. The number of nitrogens with zero attached hydrogens (tertiary/aromatic N) is 2. The van der Waals surface area contributed by atoms with E-state index in [4.69, 9.17) is 4.52 Å². The van der Waals surface area contributed by atoms with Gasteiger partial charge in [0, 0.05) is 12.8 Å². The summed E-state index contributed by atoms with van der Waals surface area (Å²) in [6, 6.07) is 0. The number of aromatic nitrogens is 2. The largest absolute Gasteiger partial charge is 0.339 e. The molecule has 1 saturated heterocycles. The second kappa shape index (κ2) is 5.17. The Morgan fingerprint density at radius 2 is 2.24 bits per heavy atom. The van der Waals surface area contributed by atoms with Crippen molar-refractivity contribution < 1.29 is 4.52 Å². The highest BCUT2D eigenvalue weighted by Gasteiger charge is 2.19. The predicted octanol–water partition coefficient (Wildman–Crippen LogP) is 2.20. The Hall–Kier alpha value is -0.900. The van der Waals surface area contributed by atoms with Crippen LogP contribution in [0.15, 0.2) is 4.52 Å². The van der Waals surface area contributed by atoms with Gasteiger partial charge >= 0.3 is 0 Å². The molecule has 0 radical (unpaired) electrons. The molecule has 0 amide bonds. The summed E-state index contributed by atoms with van der Waals surface area (Å²) >= 11 is 0. The Bertz CT molecular complexity index is 348. The van der Waals surface area contributed by atoms with Gasteiger partial charge in [0.1, 0.15) is 0 Å². The van der Waals surface area contributed by atoms with Crippen molar-refractivity contribution in [2.75, 3.05) is 13.1 Å². The van der Waals surface area contributed by atoms with E-state index in [1.165, 1.54) is 12.8 Å². The van der Waals surface area contributed by atoms with Crippen molar-refractivity contribution in [3.05, 3.63) is 11.7 Å². The van der Waals surface area contributed by atoms with Crippen molar-refractivity contribution >= 4 is 0 Å². The van der Waals surface area contributed by atoms with Gasteiger partial charge in [-0.25, -0.2) is 0 Å². The summed E-state index contributed by atoms with van der Waals surface area (Å²) in [6.45, 7) is 8.78. The lowest BCUT2D eigenvalue weighted by molar-refractivity contribution is 0.309. The monoisotopic (exact) mass is 237 g/mol. The van der Waals surface area contributed by atoms with Crippen LogP contribution in [0.1, 0.15) is 45.3 Å². The average molecular weight is 237 g/mol. The molecule has 1 atom stereocenters. The third-order valence-corrected chi connectivity index (χ3v) is 3.06. The number of rotatable bonds is 3. The maximum atomic E-state index is 5.30. The van der Waals surface area contributed by atoms with E-state index in [1.54, 1.807) is 0 Å². The molecule has 1 aliphatic rings. The van der Waals surface area contributed by atoms with Crippen molar-refractivity contribution in [2.45, 2.75) is 46.5 Å². The number of piperidine rings is 1. The second-order valence-electron chi connectivity index (χ2n) is 6.26. The Kier molecular flexibility index (Phi) is 3.82. The van der Waals surface area contributed by atoms with Crippen LogP contribution in [-0.2, 0) is 12.8 Å². The van der Waals surface area contributed by atoms with E-state index in [2.05, 4.69) is 36.2 Å². The lowest BCUT2D eigenvalue weighted by Gasteiger charge is -2.21. The summed E-state index contributed by atoms with van der Waals surface area (Å²) in [6.07, 6.45) is 4.33. The molecule has 4 heteroatoms. The van der Waals surface area contributed by atoms with Gasteiger partial charge in [0.15, 0.2) is 5.82 Å². The summed E-state index contributed by atoms with van der Waals surface area (Å²) in [4.78, 5) is 4.48. The van der Waals surface area contributed by atoms with Crippen molar-refractivity contribution in [1.29, 1.82) is 0 Å². The van der Waals surface area contributed by atoms with Crippen LogP contribution in [0.4, 0.5) is 0 Å². The molecular weight excluding hydrogens is 214 g/mol. The third kappa shape index (κ3) is 4.11. The molecular formula is C13H23N3O. The van der Waals surface area contributed by atoms with E-state index in [9.17, 15) is 0 Å². The molecule has 96 valence electrons. The quantitative estimate of drug-likeness (QED) is 0.875. The highest BCUT2D eigenvalue weighted by molar-refractivity contribution is 4.91. The summed E-state index contributed by atoms with van der Waals surface area (Å²) in [5.41, 5.74) is 0.205. The minimum Gasteiger partial charge on any atom is -0.339 e. The summed E-state index contributed by atoms with van der Waals surface area (Å²) < 4.78 is 5.30. The lowest BCUT2D eigenvalue weighted by atomic mass is 9.92. The van der Waals surface area contributed by atoms with Gasteiger partial charge in [-0.05, 0) is 37.3 Å². The fraction of sp³-hybridized carbons (Fsp3) is 0.846. The Balaban J connectivity index is 1.89. The van der Waals surface area contributed by atoms with E-state index in [1.807, 2.05) is 0 Å². The fourth-order valence-electron chi connectivity index (χ4n) is 2.25. The molecule has 1 aliphatic heterocycles. The third-order valence-electron chi connectivity index (χ3n) is 3.06. The number of hydrogen-bond acceptors (Lipinski definition) is 4. The minimum absolute atomic E-state index is 0.205. The van der Waals surface area contributed by atoms with Gasteiger partial charge in [0.2, 0.25) is 5.89 Å². The standard InChI is InChI=1S/C13H23N3O/c1-13(2,3)8-12-15-11(16-17-12)7-10-5-4-6-14-9-10/h10,14H,4-9H2,1-3H3. The van der Waals surface area contributed by atoms with Gasteiger partial charge < -0.3 is 9.84 Å². The van der Waals surface area contributed by atoms with Crippen molar-refractivity contribution in [2.24, 2.45) is 11.3 Å². The molecule has 0 aromatic carbocycles. The van der Waals surface area contributed by atoms with Gasteiger partial charge in [-0.3, -0.25) is 0 Å². The van der Waals surface area contributed by atoms with Crippen LogP contribution >= 0.6 is 0 Å². The first kappa shape index (κ1) is 12.6. The average Bonchev–Trinajstić information content (AvgIpc) is 2.64. The van der Waals surface area contributed by atoms with Crippen LogP contribution in [0.25, 0.3) is 0 Å². The lowest BCUT2D eigenvalue weighted by Crippen LogP contribution is -2.31. The molecule has 2 heterocycles. The Morgan fingerprint density at radius 1 is 1.41 bits per heavy atom. The number of hydrogen-bond donors (Lipinski definition) is 1. The molecule has 17 heavy (non-hydrogen) atoms. The van der Waals surface area contributed by atoms with Gasteiger partial charge in [-0.15, -0.1) is 0 Å². The Morgan fingerprint density at radius 3 is 2.88 bits per heavy atom. The van der Waals surface area contributed by atoms with Gasteiger partial charge in [-0.1, -0.05) is 25.9 Å². The molecule has 1 fully saturated rings. The molecule has 0 bridgehead atoms. The molecule has 1 aromatic heterocycles. The molecule has 0 spiro atoms. The van der Waals surface area contributed by atoms with Crippen LogP contribution in [0.3, 0.4) is 0 Å². The number of nitrogens with one attached hydrogen (secondary N) is 1. The van der Waals surface area contributed by atoms with Crippen LogP contribution < -0.4 is 5.32 Å². The smallest absolute Gasteiger partial charge is 0.227 e. The van der Waals surface area contributed by atoms with Crippen LogP contribution in [-0.4, -0.2) is 23.2 Å².